The number of carbonyl (C=O) groups excluding carboxylic acids is 2. The molecule has 86 valence electrons. The van der Waals surface area contributed by atoms with Crippen molar-refractivity contribution >= 4 is 22.2 Å². The summed E-state index contributed by atoms with van der Waals surface area (Å²) in [5.74, 6) is -1.51. The Morgan fingerprint density at radius 2 is 2.00 bits per heavy atom. The molecule has 0 aliphatic heterocycles. The lowest BCUT2D eigenvalue weighted by atomic mass is 10.7. The van der Waals surface area contributed by atoms with Crippen molar-refractivity contribution in [2.24, 2.45) is 0 Å². The minimum absolute atomic E-state index is 0.0443. The van der Waals surface area contributed by atoms with Crippen molar-refractivity contribution in [3.63, 3.8) is 0 Å². The predicted molar refractivity (Wildman–Crippen MR) is 46.9 cm³/mol. The summed E-state index contributed by atoms with van der Waals surface area (Å²) < 4.78 is 33.4. The van der Waals surface area contributed by atoms with Crippen LogP contribution in [-0.2, 0) is 24.5 Å². The van der Waals surface area contributed by atoms with E-state index in [1.54, 1.807) is 0 Å². The lowest BCUT2D eigenvalue weighted by molar-refractivity contribution is -0.144. The fourth-order valence-corrected chi connectivity index (χ4v) is 0.663. The summed E-state index contributed by atoms with van der Waals surface area (Å²) in [7, 11) is -4.72. The third-order valence-electron chi connectivity index (χ3n) is 1.04. The minimum atomic E-state index is -4.72. The van der Waals surface area contributed by atoms with E-state index in [4.69, 9.17) is 4.55 Å². The highest BCUT2D eigenvalue weighted by molar-refractivity contribution is 7.90. The van der Waals surface area contributed by atoms with Crippen molar-refractivity contribution in [1.82, 2.24) is 5.48 Å². The van der Waals surface area contributed by atoms with Crippen LogP contribution in [0.2, 0.25) is 0 Å². The molecular formula is C6H9NO7S. The number of ether oxygens (including phenoxy) is 1. The van der Waals surface area contributed by atoms with Crippen molar-refractivity contribution in [3.05, 3.63) is 11.5 Å². The lowest BCUT2D eigenvalue weighted by Gasteiger charge is -2.05. The smallest absolute Gasteiger partial charge is 0.440 e. The van der Waals surface area contributed by atoms with Gasteiger partial charge in [-0.15, -0.1) is 5.48 Å². The maximum Gasteiger partial charge on any atom is 0.440 e. The molecule has 8 nitrogen and oxygen atoms in total. The van der Waals surface area contributed by atoms with Gasteiger partial charge in [-0.1, -0.05) is 6.58 Å². The summed E-state index contributed by atoms with van der Waals surface area (Å²) in [5, 5.41) is 0. The molecule has 0 aromatic heterocycles. The van der Waals surface area contributed by atoms with Crippen LogP contribution in [-0.4, -0.2) is 31.6 Å². The average molecular weight is 239 g/mol. The highest BCUT2D eigenvalue weighted by atomic mass is 32.2. The number of carbonyl (C=O) groups is 2. The number of amides is 1. The Morgan fingerprint density at radius 3 is 2.40 bits per heavy atom. The second-order valence-corrected chi connectivity index (χ2v) is 3.55. The molecule has 0 aromatic rings. The van der Waals surface area contributed by atoms with Crippen molar-refractivity contribution in [1.29, 1.82) is 0 Å². The molecule has 0 aliphatic rings. The van der Waals surface area contributed by atoms with Crippen LogP contribution in [0, 0.1) is 0 Å². The van der Waals surface area contributed by atoms with E-state index < -0.39 is 27.1 Å². The second-order valence-electron chi connectivity index (χ2n) is 2.11. The topological polar surface area (TPSA) is 119 Å². The predicted octanol–water partition coefficient (Wildman–Crippen LogP) is -0.408. The maximum atomic E-state index is 10.8. The summed E-state index contributed by atoms with van der Waals surface area (Å²) in [6, 6.07) is 0. The first-order valence-corrected chi connectivity index (χ1v) is 5.03. The van der Waals surface area contributed by atoms with E-state index >= 15 is 0 Å². The van der Waals surface area contributed by atoms with Gasteiger partial charge >= 0.3 is 22.2 Å². The first-order valence-electron chi connectivity index (χ1n) is 3.59. The fraction of sp³-hybridized carbons (Fsp3) is 0.333. The highest BCUT2D eigenvalue weighted by Gasteiger charge is 2.22. The molecule has 0 bridgehead atoms. The highest BCUT2D eigenvalue weighted by Crippen LogP contribution is 2.01. The molecule has 0 rings (SSSR count). The molecule has 0 fully saturated rings. The quantitative estimate of drug-likeness (QED) is 0.390. The van der Waals surface area contributed by atoms with E-state index in [-0.39, 0.29) is 6.61 Å². The van der Waals surface area contributed by atoms with Crippen LogP contribution >= 0.6 is 0 Å². The van der Waals surface area contributed by atoms with E-state index in [2.05, 4.69) is 16.2 Å². The zero-order valence-corrected chi connectivity index (χ0v) is 8.54. The number of hydrogen-bond donors (Lipinski definition) is 2. The van der Waals surface area contributed by atoms with Crippen molar-refractivity contribution in [2.75, 3.05) is 6.61 Å². The third-order valence-corrected chi connectivity index (χ3v) is 1.83. The van der Waals surface area contributed by atoms with Gasteiger partial charge in [0.15, 0.2) is 4.91 Å². The Hall–Kier alpha value is -1.61. The van der Waals surface area contributed by atoms with Crippen LogP contribution in [0.1, 0.15) is 6.92 Å². The van der Waals surface area contributed by atoms with E-state index in [0.717, 1.165) is 0 Å². The van der Waals surface area contributed by atoms with Gasteiger partial charge in [0.1, 0.15) is 0 Å². The monoisotopic (exact) mass is 239 g/mol. The van der Waals surface area contributed by atoms with Gasteiger partial charge < -0.3 is 9.57 Å². The Morgan fingerprint density at radius 1 is 1.47 bits per heavy atom. The molecule has 0 saturated heterocycles. The summed E-state index contributed by atoms with van der Waals surface area (Å²) in [6.45, 7) is 4.30. The molecule has 1 amide bonds. The van der Waals surface area contributed by atoms with Gasteiger partial charge in [0.2, 0.25) is 0 Å². The second kappa shape index (κ2) is 5.32. The van der Waals surface area contributed by atoms with E-state index in [1.807, 2.05) is 0 Å². The van der Waals surface area contributed by atoms with Crippen LogP contribution in [0.3, 0.4) is 0 Å². The Labute approximate surface area is 85.6 Å². The van der Waals surface area contributed by atoms with Crippen LogP contribution in [0.4, 0.5) is 4.79 Å². The maximum absolute atomic E-state index is 10.8. The SMILES string of the molecule is C=C(C(=O)ONC(=O)OCC)S(=O)(=O)O. The normalized spacial score (nSPS) is 10.3. The van der Waals surface area contributed by atoms with Gasteiger partial charge in [-0.2, -0.15) is 8.42 Å². The summed E-state index contributed by atoms with van der Waals surface area (Å²) >= 11 is 0. The minimum Gasteiger partial charge on any atom is -0.448 e. The average Bonchev–Trinajstić information content (AvgIpc) is 2.12. The van der Waals surface area contributed by atoms with Gasteiger partial charge in [0, 0.05) is 0 Å². The van der Waals surface area contributed by atoms with Crippen LogP contribution in [0.25, 0.3) is 0 Å². The molecule has 0 heterocycles. The molecule has 0 spiro atoms. The van der Waals surface area contributed by atoms with Crippen molar-refractivity contribution in [3.8, 4) is 0 Å². The van der Waals surface area contributed by atoms with E-state index in [1.165, 1.54) is 12.4 Å². The third kappa shape index (κ3) is 4.98. The summed E-state index contributed by atoms with van der Waals surface area (Å²) in [6.07, 6.45) is -1.08. The van der Waals surface area contributed by atoms with Gasteiger partial charge in [-0.05, 0) is 6.92 Å². The molecule has 0 atom stereocenters. The zero-order chi connectivity index (χ0) is 12.1. The number of rotatable bonds is 3. The first-order chi connectivity index (χ1) is 6.79. The van der Waals surface area contributed by atoms with Crippen LogP contribution in [0.15, 0.2) is 11.5 Å². The summed E-state index contributed by atoms with van der Waals surface area (Å²) in [4.78, 5) is 24.1. The van der Waals surface area contributed by atoms with Crippen LogP contribution in [0.5, 0.6) is 0 Å². The number of hydroxylamine groups is 1. The molecule has 0 aliphatic carbocycles. The van der Waals surface area contributed by atoms with Gasteiger partial charge in [0.05, 0.1) is 6.61 Å². The van der Waals surface area contributed by atoms with Gasteiger partial charge in [-0.25, -0.2) is 9.59 Å². The first kappa shape index (κ1) is 13.4. The molecule has 0 saturated carbocycles. The Balaban J connectivity index is 4.18. The molecule has 9 heteroatoms. The molecule has 0 unspecified atom stereocenters. The van der Waals surface area contributed by atoms with Gasteiger partial charge in [-0.3, -0.25) is 4.55 Å². The Bertz CT molecular complexity index is 371. The fourth-order valence-electron chi connectivity index (χ4n) is 0.411. The van der Waals surface area contributed by atoms with Crippen LogP contribution < -0.4 is 5.48 Å². The summed E-state index contributed by atoms with van der Waals surface area (Å²) in [5.41, 5.74) is 1.49. The van der Waals surface area contributed by atoms with Gasteiger partial charge in [0.25, 0.3) is 0 Å². The lowest BCUT2D eigenvalue weighted by Crippen LogP contribution is -2.29. The zero-order valence-electron chi connectivity index (χ0n) is 7.72. The van der Waals surface area contributed by atoms with E-state index in [9.17, 15) is 18.0 Å². The molecule has 0 aromatic carbocycles. The Kier molecular flexibility index (Phi) is 4.74. The van der Waals surface area contributed by atoms with Crippen molar-refractivity contribution in [2.45, 2.75) is 6.92 Å². The number of nitrogens with one attached hydrogen (secondary N) is 1. The number of hydrogen-bond acceptors (Lipinski definition) is 6. The molecular weight excluding hydrogens is 230 g/mol. The molecule has 2 N–H and O–H groups in total. The molecule has 0 radical (unpaired) electrons. The largest absolute Gasteiger partial charge is 0.448 e. The van der Waals surface area contributed by atoms with Crippen molar-refractivity contribution < 1.29 is 32.1 Å². The standard InChI is InChI=1S/C6H9NO7S/c1-3-13-6(9)7-14-5(8)4(2)15(10,11)12/h2-3H2,1H3,(H,7,9)(H,10,11,12). The van der Waals surface area contributed by atoms with E-state index in [0.29, 0.717) is 0 Å². The molecule has 15 heavy (non-hydrogen) atoms.